The summed E-state index contributed by atoms with van der Waals surface area (Å²) in [6, 6.07) is 1.79. The highest BCUT2D eigenvalue weighted by Gasteiger charge is 2.19. The summed E-state index contributed by atoms with van der Waals surface area (Å²) in [6.07, 6.45) is 1.59. The van der Waals surface area contributed by atoms with Crippen LogP contribution in [-0.4, -0.2) is 20.3 Å². The zero-order valence-electron chi connectivity index (χ0n) is 11.2. The summed E-state index contributed by atoms with van der Waals surface area (Å²) >= 11 is 1.37. The summed E-state index contributed by atoms with van der Waals surface area (Å²) in [7, 11) is 0. The predicted molar refractivity (Wildman–Crippen MR) is 70.0 cm³/mol. The number of furan rings is 1. The highest BCUT2D eigenvalue weighted by Crippen LogP contribution is 2.34. The molecule has 7 nitrogen and oxygen atoms in total. The molecule has 20 heavy (non-hydrogen) atoms. The van der Waals surface area contributed by atoms with Crippen LogP contribution in [0.25, 0.3) is 11.5 Å². The molecule has 0 saturated carbocycles. The first-order valence-electron chi connectivity index (χ1n) is 5.98. The molecule has 0 spiro atoms. The van der Waals surface area contributed by atoms with Crippen LogP contribution in [0, 0.1) is 13.8 Å². The molecule has 104 valence electrons. The summed E-state index contributed by atoms with van der Waals surface area (Å²) < 4.78 is 15.9. The van der Waals surface area contributed by atoms with Crippen LogP contribution in [0.1, 0.15) is 29.6 Å². The van der Waals surface area contributed by atoms with Crippen LogP contribution in [0.15, 0.2) is 30.9 Å². The second kappa shape index (κ2) is 5.12. The largest absolute Gasteiger partial charge is 0.469 e. The average Bonchev–Trinajstić information content (AvgIpc) is 3.10. The van der Waals surface area contributed by atoms with Gasteiger partial charge in [0.15, 0.2) is 5.82 Å². The number of nitrogens with zero attached hydrogens (tertiary/aromatic N) is 4. The fraction of sp³-hybridized carbons (Fsp3) is 0.333. The van der Waals surface area contributed by atoms with Crippen LogP contribution in [0.2, 0.25) is 0 Å². The zero-order chi connectivity index (χ0) is 14.1. The quantitative estimate of drug-likeness (QED) is 0.677. The lowest BCUT2D eigenvalue weighted by Crippen LogP contribution is -1.88. The van der Waals surface area contributed by atoms with Crippen molar-refractivity contribution in [1.29, 1.82) is 0 Å². The number of rotatable bonds is 4. The maximum Gasteiger partial charge on any atom is 0.277 e. The summed E-state index contributed by atoms with van der Waals surface area (Å²) in [5.41, 5.74) is 0.797. The van der Waals surface area contributed by atoms with E-state index in [9.17, 15) is 0 Å². The van der Waals surface area contributed by atoms with Gasteiger partial charge in [-0.1, -0.05) is 16.9 Å². The van der Waals surface area contributed by atoms with Crippen molar-refractivity contribution in [3.63, 3.8) is 0 Å². The molecule has 1 atom stereocenters. The maximum absolute atomic E-state index is 5.60. The Hall–Kier alpha value is -2.09. The third-order valence-corrected chi connectivity index (χ3v) is 3.59. The summed E-state index contributed by atoms with van der Waals surface area (Å²) in [6.45, 7) is 5.55. The highest BCUT2D eigenvalue weighted by molar-refractivity contribution is 7.99. The molecule has 0 aliphatic carbocycles. The molecule has 0 bridgehead atoms. The van der Waals surface area contributed by atoms with Gasteiger partial charge in [0.1, 0.15) is 5.76 Å². The lowest BCUT2D eigenvalue weighted by Gasteiger charge is -2.00. The monoisotopic (exact) mass is 292 g/mol. The first-order chi connectivity index (χ1) is 9.63. The molecule has 0 aliphatic rings. The predicted octanol–water partition coefficient (Wildman–Crippen LogP) is 3.18. The van der Waals surface area contributed by atoms with Crippen molar-refractivity contribution < 1.29 is 13.4 Å². The standard InChI is InChI=1S/C12H12N4O3S/c1-6-9(4-5-17-6)11-14-15-12(18-11)20-7(2)10-13-8(3)16-19-10/h4-5,7H,1-3H3. The van der Waals surface area contributed by atoms with Gasteiger partial charge in [0, 0.05) is 0 Å². The SMILES string of the molecule is Cc1noc(C(C)Sc2nnc(-c3ccoc3C)o2)n1. The van der Waals surface area contributed by atoms with Crippen LogP contribution >= 0.6 is 11.8 Å². The van der Waals surface area contributed by atoms with Crippen molar-refractivity contribution >= 4 is 11.8 Å². The topological polar surface area (TPSA) is 91.0 Å². The van der Waals surface area contributed by atoms with Gasteiger partial charge < -0.3 is 13.4 Å². The molecule has 3 aromatic heterocycles. The highest BCUT2D eigenvalue weighted by atomic mass is 32.2. The van der Waals surface area contributed by atoms with E-state index in [0.717, 1.165) is 11.3 Å². The van der Waals surface area contributed by atoms with Crippen LogP contribution in [0.4, 0.5) is 0 Å². The van der Waals surface area contributed by atoms with E-state index in [1.54, 1.807) is 19.3 Å². The van der Waals surface area contributed by atoms with E-state index < -0.39 is 0 Å². The van der Waals surface area contributed by atoms with Gasteiger partial charge >= 0.3 is 0 Å². The molecular formula is C12H12N4O3S. The van der Waals surface area contributed by atoms with E-state index in [4.69, 9.17) is 13.4 Å². The van der Waals surface area contributed by atoms with Crippen molar-refractivity contribution in [2.24, 2.45) is 0 Å². The molecule has 8 heteroatoms. The van der Waals surface area contributed by atoms with Crippen molar-refractivity contribution in [1.82, 2.24) is 20.3 Å². The van der Waals surface area contributed by atoms with E-state index in [-0.39, 0.29) is 5.25 Å². The smallest absolute Gasteiger partial charge is 0.277 e. The first kappa shape index (κ1) is 12.9. The minimum atomic E-state index is -0.0602. The second-order valence-electron chi connectivity index (χ2n) is 4.20. The van der Waals surface area contributed by atoms with Crippen molar-refractivity contribution in [2.75, 3.05) is 0 Å². The van der Waals surface area contributed by atoms with Crippen molar-refractivity contribution in [3.8, 4) is 11.5 Å². The Balaban J connectivity index is 1.76. The lowest BCUT2D eigenvalue weighted by molar-refractivity contribution is 0.375. The Labute approximate surface area is 118 Å². The molecule has 0 saturated heterocycles. The van der Waals surface area contributed by atoms with E-state index in [1.807, 2.05) is 13.8 Å². The summed E-state index contributed by atoms with van der Waals surface area (Å²) in [4.78, 5) is 4.17. The van der Waals surface area contributed by atoms with E-state index in [1.165, 1.54) is 11.8 Å². The fourth-order valence-corrected chi connectivity index (χ4v) is 2.37. The van der Waals surface area contributed by atoms with Crippen LogP contribution < -0.4 is 0 Å². The Kier molecular flexibility index (Phi) is 3.31. The third-order valence-electron chi connectivity index (χ3n) is 2.66. The molecule has 3 heterocycles. The van der Waals surface area contributed by atoms with Gasteiger partial charge in [-0.25, -0.2) is 0 Å². The van der Waals surface area contributed by atoms with E-state index >= 15 is 0 Å². The van der Waals surface area contributed by atoms with Gasteiger partial charge in [0.05, 0.1) is 17.1 Å². The second-order valence-corrected chi connectivity index (χ2v) is 5.50. The molecule has 0 aromatic carbocycles. The van der Waals surface area contributed by atoms with Gasteiger partial charge in [-0.3, -0.25) is 0 Å². The van der Waals surface area contributed by atoms with Crippen LogP contribution in [-0.2, 0) is 0 Å². The number of hydrogen-bond acceptors (Lipinski definition) is 8. The zero-order valence-corrected chi connectivity index (χ0v) is 12.0. The van der Waals surface area contributed by atoms with Gasteiger partial charge in [0.2, 0.25) is 5.89 Å². The molecule has 3 aromatic rings. The molecule has 1 unspecified atom stereocenters. The van der Waals surface area contributed by atoms with Gasteiger partial charge in [-0.2, -0.15) is 4.98 Å². The van der Waals surface area contributed by atoms with Crippen molar-refractivity contribution in [2.45, 2.75) is 31.2 Å². The number of aryl methyl sites for hydroxylation is 2. The molecule has 3 rings (SSSR count). The number of aromatic nitrogens is 4. The number of thioether (sulfide) groups is 1. The third kappa shape index (κ3) is 2.46. The molecule has 0 N–H and O–H groups in total. The fourth-order valence-electron chi connectivity index (χ4n) is 1.65. The van der Waals surface area contributed by atoms with Crippen LogP contribution in [0.3, 0.4) is 0 Å². The Morgan fingerprint density at radius 3 is 2.75 bits per heavy atom. The van der Waals surface area contributed by atoms with Crippen LogP contribution in [0.5, 0.6) is 0 Å². The lowest BCUT2D eigenvalue weighted by atomic mass is 10.3. The summed E-state index contributed by atoms with van der Waals surface area (Å²) in [5, 5.41) is 12.2. The molecule has 0 aliphatic heterocycles. The van der Waals surface area contributed by atoms with Gasteiger partial charge in [0.25, 0.3) is 11.1 Å². The minimum absolute atomic E-state index is 0.0602. The Bertz CT molecular complexity index is 718. The maximum atomic E-state index is 5.60. The Morgan fingerprint density at radius 2 is 2.10 bits per heavy atom. The minimum Gasteiger partial charge on any atom is -0.469 e. The normalized spacial score (nSPS) is 12.8. The van der Waals surface area contributed by atoms with E-state index in [2.05, 4.69) is 20.3 Å². The molecule has 0 amide bonds. The molecule has 0 radical (unpaired) electrons. The van der Waals surface area contributed by atoms with Crippen molar-refractivity contribution in [3.05, 3.63) is 29.8 Å². The average molecular weight is 292 g/mol. The van der Waals surface area contributed by atoms with Gasteiger partial charge in [-0.15, -0.1) is 10.2 Å². The molecule has 0 fully saturated rings. The Morgan fingerprint density at radius 1 is 1.25 bits per heavy atom. The molecular weight excluding hydrogens is 280 g/mol. The van der Waals surface area contributed by atoms with E-state index in [0.29, 0.717) is 22.8 Å². The van der Waals surface area contributed by atoms with Gasteiger partial charge in [-0.05, 0) is 26.8 Å². The first-order valence-corrected chi connectivity index (χ1v) is 6.86. The summed E-state index contributed by atoms with van der Waals surface area (Å²) in [5.74, 6) is 2.32. The number of hydrogen-bond donors (Lipinski definition) is 0.